The van der Waals surface area contributed by atoms with Crippen molar-refractivity contribution in [2.45, 2.75) is 27.2 Å². The molecule has 0 radical (unpaired) electrons. The quantitative estimate of drug-likeness (QED) is 0.536. The van der Waals surface area contributed by atoms with Crippen molar-refractivity contribution in [3.8, 4) is 0 Å². The van der Waals surface area contributed by atoms with E-state index in [-0.39, 0.29) is 0 Å². The Kier molecular flexibility index (Phi) is 3.06. The first kappa shape index (κ1) is 7.96. The lowest BCUT2D eigenvalue weighted by atomic mass is 9.93. The average molecular weight is 116 g/mol. The van der Waals surface area contributed by atoms with Crippen LogP contribution in [-0.4, -0.2) is 13.7 Å². The van der Waals surface area contributed by atoms with Gasteiger partial charge in [0.05, 0.1) is 0 Å². The van der Waals surface area contributed by atoms with Gasteiger partial charge in [0.2, 0.25) is 0 Å². The van der Waals surface area contributed by atoms with Gasteiger partial charge in [0.25, 0.3) is 0 Å². The SMILES string of the molecule is COCCC(C)(C)C. The topological polar surface area (TPSA) is 9.23 Å². The van der Waals surface area contributed by atoms with Crippen LogP contribution >= 0.6 is 0 Å². The predicted molar refractivity (Wildman–Crippen MR) is 35.9 cm³/mol. The molecule has 0 bridgehead atoms. The second-order valence-corrected chi connectivity index (χ2v) is 3.30. The van der Waals surface area contributed by atoms with E-state index >= 15 is 0 Å². The number of ether oxygens (including phenoxy) is 1. The standard InChI is InChI=1S/C7H16O/c1-7(2,3)5-6-8-4/h5-6H2,1-4H3. The first-order valence-corrected chi connectivity index (χ1v) is 3.05. The highest BCUT2D eigenvalue weighted by molar-refractivity contribution is 4.59. The average Bonchev–Trinajstić information content (AvgIpc) is 1.59. The molecular formula is C7H16O. The van der Waals surface area contributed by atoms with E-state index in [0.29, 0.717) is 5.41 Å². The minimum Gasteiger partial charge on any atom is -0.385 e. The molecule has 0 N–H and O–H groups in total. The van der Waals surface area contributed by atoms with Gasteiger partial charge in [-0.2, -0.15) is 0 Å². The Hall–Kier alpha value is -0.0400. The van der Waals surface area contributed by atoms with Crippen LogP contribution in [0, 0.1) is 5.41 Å². The maximum Gasteiger partial charge on any atom is 0.0467 e. The van der Waals surface area contributed by atoms with Crippen molar-refractivity contribution in [1.29, 1.82) is 0 Å². The van der Waals surface area contributed by atoms with Gasteiger partial charge in [-0.15, -0.1) is 0 Å². The molecule has 1 heteroatoms. The Labute approximate surface area is 52.0 Å². The molecule has 0 saturated carbocycles. The zero-order valence-electron chi connectivity index (χ0n) is 6.32. The summed E-state index contributed by atoms with van der Waals surface area (Å²) in [4.78, 5) is 0. The molecule has 0 saturated heterocycles. The van der Waals surface area contributed by atoms with Crippen molar-refractivity contribution < 1.29 is 4.74 Å². The van der Waals surface area contributed by atoms with Crippen molar-refractivity contribution >= 4 is 0 Å². The predicted octanol–water partition coefficient (Wildman–Crippen LogP) is 2.07. The zero-order valence-corrected chi connectivity index (χ0v) is 6.32. The Bertz CT molecular complexity index is 51.9. The highest BCUT2D eigenvalue weighted by atomic mass is 16.5. The summed E-state index contributed by atoms with van der Waals surface area (Å²) in [6.45, 7) is 7.52. The summed E-state index contributed by atoms with van der Waals surface area (Å²) in [5, 5.41) is 0. The van der Waals surface area contributed by atoms with Gasteiger partial charge in [0.15, 0.2) is 0 Å². The molecule has 0 aromatic carbocycles. The first-order valence-electron chi connectivity index (χ1n) is 3.05. The van der Waals surface area contributed by atoms with E-state index in [1.54, 1.807) is 7.11 Å². The van der Waals surface area contributed by atoms with Crippen LogP contribution in [0.25, 0.3) is 0 Å². The Morgan fingerprint density at radius 2 is 1.75 bits per heavy atom. The molecular weight excluding hydrogens is 100 g/mol. The number of rotatable bonds is 2. The number of hydrogen-bond acceptors (Lipinski definition) is 1. The summed E-state index contributed by atoms with van der Waals surface area (Å²) in [6.07, 6.45) is 1.14. The fraction of sp³-hybridized carbons (Fsp3) is 1.00. The van der Waals surface area contributed by atoms with Gasteiger partial charge in [-0.05, 0) is 11.8 Å². The van der Waals surface area contributed by atoms with E-state index in [9.17, 15) is 0 Å². The third-order valence-electron chi connectivity index (χ3n) is 1.06. The first-order chi connectivity index (χ1) is 3.56. The van der Waals surface area contributed by atoms with Crippen LogP contribution in [-0.2, 0) is 4.74 Å². The molecule has 0 fully saturated rings. The van der Waals surface area contributed by atoms with Gasteiger partial charge in [-0.25, -0.2) is 0 Å². The lowest BCUT2D eigenvalue weighted by Crippen LogP contribution is -2.07. The molecule has 0 unspecified atom stereocenters. The maximum atomic E-state index is 4.92. The van der Waals surface area contributed by atoms with E-state index < -0.39 is 0 Å². The Morgan fingerprint density at radius 3 is 1.88 bits per heavy atom. The Morgan fingerprint density at radius 1 is 1.25 bits per heavy atom. The highest BCUT2D eigenvalue weighted by Crippen LogP contribution is 2.17. The van der Waals surface area contributed by atoms with Gasteiger partial charge in [-0.1, -0.05) is 20.8 Å². The van der Waals surface area contributed by atoms with Crippen molar-refractivity contribution in [1.82, 2.24) is 0 Å². The number of methoxy groups -OCH3 is 1. The normalized spacial score (nSPS) is 12.0. The molecule has 0 aromatic rings. The van der Waals surface area contributed by atoms with Crippen LogP contribution in [0.2, 0.25) is 0 Å². The van der Waals surface area contributed by atoms with E-state index in [1.807, 2.05) is 0 Å². The van der Waals surface area contributed by atoms with Crippen molar-refractivity contribution in [2.75, 3.05) is 13.7 Å². The largest absolute Gasteiger partial charge is 0.385 e. The van der Waals surface area contributed by atoms with E-state index in [4.69, 9.17) is 4.74 Å². The van der Waals surface area contributed by atoms with Crippen LogP contribution in [0.15, 0.2) is 0 Å². The van der Waals surface area contributed by atoms with E-state index in [1.165, 1.54) is 0 Å². The zero-order chi connectivity index (χ0) is 6.62. The molecule has 0 aliphatic heterocycles. The second-order valence-electron chi connectivity index (χ2n) is 3.30. The summed E-state index contributed by atoms with van der Waals surface area (Å²) < 4.78 is 4.92. The molecule has 0 aliphatic carbocycles. The van der Waals surface area contributed by atoms with Gasteiger partial charge in [0, 0.05) is 13.7 Å². The molecule has 8 heavy (non-hydrogen) atoms. The molecule has 0 amide bonds. The van der Waals surface area contributed by atoms with Crippen LogP contribution in [0.1, 0.15) is 27.2 Å². The molecule has 50 valence electrons. The van der Waals surface area contributed by atoms with Gasteiger partial charge < -0.3 is 4.74 Å². The minimum absolute atomic E-state index is 0.427. The fourth-order valence-electron chi connectivity index (χ4n) is 0.408. The van der Waals surface area contributed by atoms with Crippen LogP contribution < -0.4 is 0 Å². The lowest BCUT2D eigenvalue weighted by Gasteiger charge is -2.16. The van der Waals surface area contributed by atoms with Crippen molar-refractivity contribution in [3.63, 3.8) is 0 Å². The molecule has 0 atom stereocenters. The fourth-order valence-corrected chi connectivity index (χ4v) is 0.408. The molecule has 0 aromatic heterocycles. The van der Waals surface area contributed by atoms with Crippen molar-refractivity contribution in [3.05, 3.63) is 0 Å². The third-order valence-corrected chi connectivity index (χ3v) is 1.06. The highest BCUT2D eigenvalue weighted by Gasteiger charge is 2.07. The van der Waals surface area contributed by atoms with E-state index in [2.05, 4.69) is 20.8 Å². The molecule has 0 heterocycles. The van der Waals surface area contributed by atoms with Crippen LogP contribution in [0.5, 0.6) is 0 Å². The molecule has 1 nitrogen and oxygen atoms in total. The maximum absolute atomic E-state index is 4.92. The summed E-state index contributed by atoms with van der Waals surface area (Å²) >= 11 is 0. The minimum atomic E-state index is 0.427. The molecule has 0 spiro atoms. The smallest absolute Gasteiger partial charge is 0.0467 e. The van der Waals surface area contributed by atoms with Crippen LogP contribution in [0.4, 0.5) is 0 Å². The summed E-state index contributed by atoms with van der Waals surface area (Å²) in [5.74, 6) is 0. The van der Waals surface area contributed by atoms with Crippen LogP contribution in [0.3, 0.4) is 0 Å². The van der Waals surface area contributed by atoms with E-state index in [0.717, 1.165) is 13.0 Å². The summed E-state index contributed by atoms with van der Waals surface area (Å²) in [6, 6.07) is 0. The summed E-state index contributed by atoms with van der Waals surface area (Å²) in [5.41, 5.74) is 0.427. The van der Waals surface area contributed by atoms with Gasteiger partial charge in [-0.3, -0.25) is 0 Å². The molecule has 0 aliphatic rings. The Balaban J connectivity index is 3.11. The third kappa shape index (κ3) is 5.96. The number of hydrogen-bond donors (Lipinski definition) is 0. The van der Waals surface area contributed by atoms with Gasteiger partial charge >= 0.3 is 0 Å². The molecule has 0 rings (SSSR count). The lowest BCUT2D eigenvalue weighted by molar-refractivity contribution is 0.159. The van der Waals surface area contributed by atoms with Crippen molar-refractivity contribution in [2.24, 2.45) is 5.41 Å². The second kappa shape index (κ2) is 3.08. The van der Waals surface area contributed by atoms with Gasteiger partial charge in [0.1, 0.15) is 0 Å². The monoisotopic (exact) mass is 116 g/mol. The summed E-state index contributed by atoms with van der Waals surface area (Å²) in [7, 11) is 1.74.